The predicted octanol–water partition coefficient (Wildman–Crippen LogP) is 4.64. The Morgan fingerprint density at radius 2 is 1.72 bits per heavy atom. The Morgan fingerprint density at radius 1 is 1.00 bits per heavy atom. The van der Waals surface area contributed by atoms with E-state index in [1.807, 2.05) is 44.2 Å². The molecule has 3 aromatic carbocycles. The van der Waals surface area contributed by atoms with Gasteiger partial charge in [-0.1, -0.05) is 29.8 Å². The maximum absolute atomic E-state index is 12.6. The standard InChI is InChI=1S/C28H28N2O6/c1-18-8-13-23(19(2)14-18)29-26(31)17-35-28(33)20-15-27(32)30(16-20)21-9-11-22(12-10-21)36-25-7-5-4-6-24(25)34-3/h4-14,20H,15-17H2,1-3H3,(H,29,31)/t20-/m0/s1. The molecule has 1 atom stereocenters. The normalized spacial score (nSPS) is 14.9. The molecule has 1 saturated heterocycles. The fourth-order valence-corrected chi connectivity index (χ4v) is 4.03. The molecule has 186 valence electrons. The first-order chi connectivity index (χ1) is 17.3. The molecule has 8 nitrogen and oxygen atoms in total. The minimum Gasteiger partial charge on any atom is -0.493 e. The summed E-state index contributed by atoms with van der Waals surface area (Å²) in [7, 11) is 1.57. The number of para-hydroxylation sites is 2. The summed E-state index contributed by atoms with van der Waals surface area (Å²) in [6.07, 6.45) is 0.0248. The van der Waals surface area contributed by atoms with Crippen LogP contribution in [-0.2, 0) is 19.1 Å². The molecule has 4 rings (SSSR count). The SMILES string of the molecule is COc1ccccc1Oc1ccc(N2C[C@@H](C(=O)OCC(=O)Nc3ccc(C)cc3C)CC2=O)cc1. The number of ether oxygens (including phenoxy) is 3. The number of methoxy groups -OCH3 is 1. The van der Waals surface area contributed by atoms with Crippen molar-refractivity contribution in [1.29, 1.82) is 0 Å². The number of nitrogens with one attached hydrogen (secondary N) is 1. The van der Waals surface area contributed by atoms with Gasteiger partial charge < -0.3 is 24.4 Å². The molecule has 0 saturated carbocycles. The molecule has 0 radical (unpaired) electrons. The van der Waals surface area contributed by atoms with E-state index in [1.165, 1.54) is 4.90 Å². The van der Waals surface area contributed by atoms with Crippen LogP contribution >= 0.6 is 0 Å². The summed E-state index contributed by atoms with van der Waals surface area (Å²) in [5.41, 5.74) is 3.33. The van der Waals surface area contributed by atoms with Gasteiger partial charge in [0.2, 0.25) is 5.91 Å². The van der Waals surface area contributed by atoms with Gasteiger partial charge in [0, 0.05) is 24.3 Å². The molecular formula is C28H28N2O6. The molecule has 1 fully saturated rings. The second kappa shape index (κ2) is 10.9. The quantitative estimate of drug-likeness (QED) is 0.465. The number of anilines is 2. The lowest BCUT2D eigenvalue weighted by molar-refractivity contribution is -0.151. The van der Waals surface area contributed by atoms with Crippen molar-refractivity contribution in [3.05, 3.63) is 77.9 Å². The van der Waals surface area contributed by atoms with Crippen LogP contribution in [0.4, 0.5) is 11.4 Å². The first-order valence-corrected chi connectivity index (χ1v) is 11.6. The summed E-state index contributed by atoms with van der Waals surface area (Å²) >= 11 is 0. The monoisotopic (exact) mass is 488 g/mol. The minimum absolute atomic E-state index is 0.0248. The van der Waals surface area contributed by atoms with Crippen molar-refractivity contribution in [1.82, 2.24) is 0 Å². The third kappa shape index (κ3) is 5.83. The lowest BCUT2D eigenvalue weighted by Crippen LogP contribution is -2.28. The lowest BCUT2D eigenvalue weighted by Gasteiger charge is -2.17. The maximum Gasteiger partial charge on any atom is 0.311 e. The zero-order chi connectivity index (χ0) is 25.7. The highest BCUT2D eigenvalue weighted by atomic mass is 16.5. The zero-order valence-corrected chi connectivity index (χ0v) is 20.4. The van der Waals surface area contributed by atoms with Crippen LogP contribution in [0.2, 0.25) is 0 Å². The number of hydrogen-bond acceptors (Lipinski definition) is 6. The summed E-state index contributed by atoms with van der Waals surface area (Å²) in [6.45, 7) is 3.64. The molecule has 0 aliphatic carbocycles. The predicted molar refractivity (Wildman–Crippen MR) is 135 cm³/mol. The van der Waals surface area contributed by atoms with Crippen molar-refractivity contribution in [2.24, 2.45) is 5.92 Å². The Labute approximate surface area is 209 Å². The Morgan fingerprint density at radius 3 is 2.42 bits per heavy atom. The largest absolute Gasteiger partial charge is 0.493 e. The van der Waals surface area contributed by atoms with Crippen molar-refractivity contribution in [3.8, 4) is 17.2 Å². The summed E-state index contributed by atoms with van der Waals surface area (Å²) < 4.78 is 16.4. The molecule has 1 aliphatic heterocycles. The number of nitrogens with zero attached hydrogens (tertiary/aromatic N) is 1. The third-order valence-corrected chi connectivity index (χ3v) is 5.91. The van der Waals surface area contributed by atoms with E-state index < -0.39 is 24.4 Å². The van der Waals surface area contributed by atoms with Crippen molar-refractivity contribution in [2.45, 2.75) is 20.3 Å². The number of benzene rings is 3. The molecule has 2 amide bonds. The lowest BCUT2D eigenvalue weighted by atomic mass is 10.1. The molecule has 8 heteroatoms. The van der Waals surface area contributed by atoms with Crippen molar-refractivity contribution >= 4 is 29.2 Å². The molecule has 1 heterocycles. The van der Waals surface area contributed by atoms with Crippen LogP contribution in [0.1, 0.15) is 17.5 Å². The van der Waals surface area contributed by atoms with Gasteiger partial charge in [0.05, 0.1) is 13.0 Å². The average Bonchev–Trinajstić information content (AvgIpc) is 3.26. The topological polar surface area (TPSA) is 94.2 Å². The van der Waals surface area contributed by atoms with Crippen molar-refractivity contribution in [3.63, 3.8) is 0 Å². The van der Waals surface area contributed by atoms with Gasteiger partial charge in [0.25, 0.3) is 5.91 Å². The number of rotatable bonds is 8. The molecule has 0 unspecified atom stereocenters. The number of esters is 1. The van der Waals surface area contributed by atoms with Crippen LogP contribution in [0.3, 0.4) is 0 Å². The van der Waals surface area contributed by atoms with Crippen LogP contribution < -0.4 is 19.7 Å². The summed E-state index contributed by atoms with van der Waals surface area (Å²) in [4.78, 5) is 38.9. The zero-order valence-electron chi connectivity index (χ0n) is 20.4. The number of carbonyl (C=O) groups is 3. The van der Waals surface area contributed by atoms with E-state index in [-0.39, 0.29) is 18.9 Å². The van der Waals surface area contributed by atoms with E-state index in [1.54, 1.807) is 43.5 Å². The van der Waals surface area contributed by atoms with E-state index in [4.69, 9.17) is 14.2 Å². The second-order valence-corrected chi connectivity index (χ2v) is 8.63. The van der Waals surface area contributed by atoms with E-state index in [2.05, 4.69) is 5.32 Å². The van der Waals surface area contributed by atoms with Crippen molar-refractivity contribution < 1.29 is 28.6 Å². The van der Waals surface area contributed by atoms with E-state index in [0.29, 0.717) is 28.6 Å². The average molecular weight is 489 g/mol. The van der Waals surface area contributed by atoms with E-state index in [9.17, 15) is 14.4 Å². The highest BCUT2D eigenvalue weighted by Gasteiger charge is 2.36. The molecule has 0 spiro atoms. The molecule has 36 heavy (non-hydrogen) atoms. The molecule has 1 aliphatic rings. The Balaban J connectivity index is 1.31. The Hall–Kier alpha value is -4.33. The highest BCUT2D eigenvalue weighted by molar-refractivity contribution is 6.00. The van der Waals surface area contributed by atoms with Gasteiger partial charge in [0.1, 0.15) is 5.75 Å². The molecule has 3 aromatic rings. The third-order valence-electron chi connectivity index (χ3n) is 5.91. The summed E-state index contributed by atoms with van der Waals surface area (Å²) in [5, 5.41) is 2.74. The van der Waals surface area contributed by atoms with Crippen LogP contribution in [0.15, 0.2) is 66.7 Å². The van der Waals surface area contributed by atoms with Gasteiger partial charge in [0.15, 0.2) is 18.1 Å². The smallest absolute Gasteiger partial charge is 0.311 e. The van der Waals surface area contributed by atoms with Crippen LogP contribution in [-0.4, -0.2) is 38.0 Å². The van der Waals surface area contributed by atoms with Gasteiger partial charge in [-0.05, 0) is 61.9 Å². The first-order valence-electron chi connectivity index (χ1n) is 11.6. The van der Waals surface area contributed by atoms with Gasteiger partial charge in [-0.3, -0.25) is 14.4 Å². The second-order valence-electron chi connectivity index (χ2n) is 8.63. The van der Waals surface area contributed by atoms with Gasteiger partial charge >= 0.3 is 5.97 Å². The van der Waals surface area contributed by atoms with Gasteiger partial charge in [-0.15, -0.1) is 0 Å². The molecule has 0 bridgehead atoms. The van der Waals surface area contributed by atoms with Crippen molar-refractivity contribution in [2.75, 3.05) is 30.5 Å². The first kappa shape index (κ1) is 24.8. The fraction of sp³-hybridized carbons (Fsp3) is 0.250. The Bertz CT molecular complexity index is 1270. The number of carbonyl (C=O) groups excluding carboxylic acids is 3. The Kier molecular flexibility index (Phi) is 7.53. The molecular weight excluding hydrogens is 460 g/mol. The number of amides is 2. The number of hydrogen-bond donors (Lipinski definition) is 1. The minimum atomic E-state index is -0.643. The maximum atomic E-state index is 12.6. The van der Waals surface area contributed by atoms with Gasteiger partial charge in [-0.2, -0.15) is 0 Å². The highest BCUT2D eigenvalue weighted by Crippen LogP contribution is 2.33. The van der Waals surface area contributed by atoms with E-state index in [0.717, 1.165) is 11.1 Å². The van der Waals surface area contributed by atoms with Crippen LogP contribution in [0.25, 0.3) is 0 Å². The summed E-state index contributed by atoms with van der Waals surface area (Å²) in [5.74, 6) is -0.0544. The molecule has 1 N–H and O–H groups in total. The fourth-order valence-electron chi connectivity index (χ4n) is 4.03. The summed E-state index contributed by atoms with van der Waals surface area (Å²) in [6, 6.07) is 20.0. The molecule has 0 aromatic heterocycles. The van der Waals surface area contributed by atoms with E-state index >= 15 is 0 Å². The van der Waals surface area contributed by atoms with Crippen LogP contribution in [0.5, 0.6) is 17.2 Å². The van der Waals surface area contributed by atoms with Gasteiger partial charge in [-0.25, -0.2) is 0 Å². The number of aryl methyl sites for hydroxylation is 2. The van der Waals surface area contributed by atoms with Crippen LogP contribution in [0, 0.1) is 19.8 Å².